The molecule has 5 heteroatoms. The minimum absolute atomic E-state index is 0.116. The minimum atomic E-state index is 0.116. The quantitative estimate of drug-likeness (QED) is 0.287. The van der Waals surface area contributed by atoms with Crippen LogP contribution in [-0.4, -0.2) is 40.0 Å². The average molecular weight is 255 g/mol. The number of carbonyl (C=O) groups is 1. The fourth-order valence-corrected chi connectivity index (χ4v) is 1.38. The van der Waals surface area contributed by atoms with Gasteiger partial charge >= 0.3 is 0 Å². The van der Waals surface area contributed by atoms with Gasteiger partial charge in [0.25, 0.3) is 3.91 Å². The Morgan fingerprint density at radius 3 is 2.20 bits per heavy atom. The molecule has 0 saturated carbocycles. The standard InChI is InChI=1S/C5H10IN3O/c6-5(10)8-1-3-9(7)4-2-8/h1-4,7H2. The molecule has 0 radical (unpaired) electrons. The zero-order valence-corrected chi connectivity index (χ0v) is 7.74. The van der Waals surface area contributed by atoms with Gasteiger partial charge in [-0.3, -0.25) is 10.6 Å². The van der Waals surface area contributed by atoms with Crippen LogP contribution in [0.25, 0.3) is 0 Å². The monoisotopic (exact) mass is 255 g/mol. The van der Waals surface area contributed by atoms with E-state index in [1.165, 1.54) is 0 Å². The summed E-state index contributed by atoms with van der Waals surface area (Å²) in [6.45, 7) is 3.10. The maximum Gasteiger partial charge on any atom is 0.283 e. The average Bonchev–Trinajstić information content (AvgIpc) is 1.88. The zero-order chi connectivity index (χ0) is 7.56. The van der Waals surface area contributed by atoms with Crippen molar-refractivity contribution >= 4 is 26.5 Å². The normalized spacial score (nSPS) is 21.2. The Morgan fingerprint density at radius 2 is 1.80 bits per heavy atom. The molecule has 4 nitrogen and oxygen atoms in total. The molecule has 0 spiro atoms. The Bertz CT molecular complexity index is 133. The van der Waals surface area contributed by atoms with E-state index in [-0.39, 0.29) is 3.91 Å². The highest BCUT2D eigenvalue weighted by Gasteiger charge is 2.16. The van der Waals surface area contributed by atoms with Crippen LogP contribution in [0.4, 0.5) is 4.79 Å². The molecule has 58 valence electrons. The number of amides is 1. The lowest BCUT2D eigenvalue weighted by molar-refractivity contribution is 0.157. The van der Waals surface area contributed by atoms with Gasteiger partial charge < -0.3 is 4.90 Å². The van der Waals surface area contributed by atoms with E-state index in [1.54, 1.807) is 32.5 Å². The van der Waals surface area contributed by atoms with Crippen molar-refractivity contribution in [1.29, 1.82) is 0 Å². The van der Waals surface area contributed by atoms with Gasteiger partial charge in [-0.2, -0.15) is 0 Å². The van der Waals surface area contributed by atoms with Crippen LogP contribution in [0, 0.1) is 0 Å². The Morgan fingerprint density at radius 1 is 1.30 bits per heavy atom. The molecule has 1 saturated heterocycles. The summed E-state index contributed by atoms with van der Waals surface area (Å²) < 4.78 is 0.116. The van der Waals surface area contributed by atoms with Gasteiger partial charge in [0.1, 0.15) is 0 Å². The van der Waals surface area contributed by atoms with Crippen molar-refractivity contribution in [1.82, 2.24) is 9.91 Å². The van der Waals surface area contributed by atoms with Gasteiger partial charge in [0.05, 0.1) is 0 Å². The summed E-state index contributed by atoms with van der Waals surface area (Å²) in [7, 11) is 0. The molecule has 2 N–H and O–H groups in total. The van der Waals surface area contributed by atoms with E-state index in [1.807, 2.05) is 0 Å². The fraction of sp³-hybridized carbons (Fsp3) is 0.800. The fourth-order valence-electron chi connectivity index (χ4n) is 0.898. The maximum atomic E-state index is 10.8. The van der Waals surface area contributed by atoms with Crippen molar-refractivity contribution in [2.24, 2.45) is 5.84 Å². The Labute approximate surface area is 73.4 Å². The molecular formula is C5H10IN3O. The van der Waals surface area contributed by atoms with E-state index in [0.717, 1.165) is 26.2 Å². The number of nitrogens with two attached hydrogens (primary N) is 1. The lowest BCUT2D eigenvalue weighted by Gasteiger charge is -2.30. The molecular weight excluding hydrogens is 245 g/mol. The summed E-state index contributed by atoms with van der Waals surface area (Å²) >= 11 is 1.80. The summed E-state index contributed by atoms with van der Waals surface area (Å²) in [5.41, 5.74) is 0. The van der Waals surface area contributed by atoms with Crippen LogP contribution in [0.3, 0.4) is 0 Å². The van der Waals surface area contributed by atoms with Gasteiger partial charge in [-0.15, -0.1) is 0 Å². The number of hydrazine groups is 1. The number of rotatable bonds is 0. The maximum absolute atomic E-state index is 10.8. The molecule has 1 fully saturated rings. The highest BCUT2D eigenvalue weighted by atomic mass is 127. The van der Waals surface area contributed by atoms with Crippen LogP contribution in [0.15, 0.2) is 0 Å². The second-order valence-corrected chi connectivity index (χ2v) is 3.20. The first-order valence-corrected chi connectivity index (χ1v) is 4.22. The summed E-state index contributed by atoms with van der Waals surface area (Å²) in [5, 5.41) is 1.73. The van der Waals surface area contributed by atoms with Crippen LogP contribution in [0.2, 0.25) is 0 Å². The second kappa shape index (κ2) is 3.49. The largest absolute Gasteiger partial charge is 0.331 e. The van der Waals surface area contributed by atoms with Crippen molar-refractivity contribution in [2.75, 3.05) is 26.2 Å². The molecule has 1 rings (SSSR count). The molecule has 0 aromatic carbocycles. The molecule has 10 heavy (non-hydrogen) atoms. The number of hydrogen-bond donors (Lipinski definition) is 1. The van der Waals surface area contributed by atoms with Crippen LogP contribution in [0.1, 0.15) is 0 Å². The first kappa shape index (κ1) is 8.22. The molecule has 0 atom stereocenters. The van der Waals surface area contributed by atoms with E-state index in [4.69, 9.17) is 5.84 Å². The van der Waals surface area contributed by atoms with Crippen molar-refractivity contribution in [3.05, 3.63) is 0 Å². The summed E-state index contributed by atoms with van der Waals surface area (Å²) in [5.74, 6) is 5.49. The highest BCUT2D eigenvalue weighted by Crippen LogP contribution is 2.03. The second-order valence-electron chi connectivity index (χ2n) is 2.28. The SMILES string of the molecule is NN1CCN(C(=O)I)CC1. The number of halogens is 1. The van der Waals surface area contributed by atoms with Gasteiger partial charge in [0.2, 0.25) is 0 Å². The third kappa shape index (κ3) is 2.06. The molecule has 1 aliphatic rings. The highest BCUT2D eigenvalue weighted by molar-refractivity contribution is 14.1. The van der Waals surface area contributed by atoms with Gasteiger partial charge in [-0.05, 0) is 0 Å². The van der Waals surface area contributed by atoms with Crippen LogP contribution < -0.4 is 5.84 Å². The van der Waals surface area contributed by atoms with Crippen molar-refractivity contribution in [2.45, 2.75) is 0 Å². The lowest BCUT2D eigenvalue weighted by Crippen LogP contribution is -2.49. The summed E-state index contributed by atoms with van der Waals surface area (Å²) in [6.07, 6.45) is 0. The Balaban J connectivity index is 2.33. The molecule has 1 amide bonds. The minimum Gasteiger partial charge on any atom is -0.331 e. The van der Waals surface area contributed by atoms with E-state index in [2.05, 4.69) is 0 Å². The van der Waals surface area contributed by atoms with Crippen molar-refractivity contribution < 1.29 is 4.79 Å². The number of piperazine rings is 1. The molecule has 0 aromatic rings. The van der Waals surface area contributed by atoms with Gasteiger partial charge in [0.15, 0.2) is 0 Å². The van der Waals surface area contributed by atoms with E-state index in [0.29, 0.717) is 0 Å². The lowest BCUT2D eigenvalue weighted by atomic mass is 10.4. The Kier molecular flexibility index (Phi) is 2.87. The first-order valence-electron chi connectivity index (χ1n) is 3.14. The number of carbonyl (C=O) groups excluding carboxylic acids is 1. The molecule has 0 aliphatic carbocycles. The predicted octanol–water partition coefficient (Wildman–Crippen LogP) is 0.0327. The van der Waals surface area contributed by atoms with Crippen LogP contribution in [0.5, 0.6) is 0 Å². The molecule has 0 unspecified atom stereocenters. The number of hydrogen-bond acceptors (Lipinski definition) is 3. The van der Waals surface area contributed by atoms with Gasteiger partial charge in [-0.1, -0.05) is 0 Å². The topological polar surface area (TPSA) is 49.6 Å². The Hall–Kier alpha value is 0.120. The molecule has 0 aromatic heterocycles. The number of nitrogens with zero attached hydrogens (tertiary/aromatic N) is 2. The van der Waals surface area contributed by atoms with Crippen LogP contribution in [-0.2, 0) is 0 Å². The molecule has 1 heterocycles. The van der Waals surface area contributed by atoms with E-state index in [9.17, 15) is 4.79 Å². The van der Waals surface area contributed by atoms with Crippen molar-refractivity contribution in [3.63, 3.8) is 0 Å². The van der Waals surface area contributed by atoms with Gasteiger partial charge in [-0.25, -0.2) is 5.01 Å². The predicted molar refractivity (Wildman–Crippen MR) is 46.7 cm³/mol. The first-order chi connectivity index (χ1) is 4.70. The van der Waals surface area contributed by atoms with E-state index >= 15 is 0 Å². The molecule has 1 aliphatic heterocycles. The third-order valence-corrected chi connectivity index (χ3v) is 2.25. The summed E-state index contributed by atoms with van der Waals surface area (Å²) in [6, 6.07) is 0. The summed E-state index contributed by atoms with van der Waals surface area (Å²) in [4.78, 5) is 12.6. The van der Waals surface area contributed by atoms with E-state index < -0.39 is 0 Å². The zero-order valence-electron chi connectivity index (χ0n) is 5.59. The van der Waals surface area contributed by atoms with Gasteiger partial charge in [0, 0.05) is 48.8 Å². The van der Waals surface area contributed by atoms with Crippen LogP contribution >= 0.6 is 22.6 Å². The van der Waals surface area contributed by atoms with Crippen molar-refractivity contribution in [3.8, 4) is 0 Å². The molecule has 0 bridgehead atoms. The smallest absolute Gasteiger partial charge is 0.283 e. The third-order valence-electron chi connectivity index (χ3n) is 1.56.